The number of halogens is 1. The van der Waals surface area contributed by atoms with Gasteiger partial charge < -0.3 is 14.0 Å². The van der Waals surface area contributed by atoms with Gasteiger partial charge in [0, 0.05) is 5.46 Å². The van der Waals surface area contributed by atoms with Gasteiger partial charge in [-0.3, -0.25) is 5.32 Å². The molecule has 0 saturated carbocycles. The fourth-order valence-electron chi connectivity index (χ4n) is 2.21. The molecule has 1 saturated heterocycles. The van der Waals surface area contributed by atoms with Crippen LogP contribution < -0.4 is 10.8 Å². The number of anilines is 1. The Morgan fingerprint density at radius 2 is 1.40 bits per heavy atom. The maximum atomic E-state index is 14.8. The highest BCUT2D eigenvalue weighted by atomic mass is 19.1. The number of ether oxygens (including phenoxy) is 1. The summed E-state index contributed by atoms with van der Waals surface area (Å²) in [7, 11) is -0.838. The van der Waals surface area contributed by atoms with Gasteiger partial charge in [-0.15, -0.1) is 0 Å². The Morgan fingerprint density at radius 3 is 1.80 bits per heavy atom. The van der Waals surface area contributed by atoms with Crippen molar-refractivity contribution in [1.82, 2.24) is 0 Å². The van der Waals surface area contributed by atoms with Crippen LogP contribution in [0.4, 0.5) is 14.9 Å². The van der Waals surface area contributed by atoms with Crippen molar-refractivity contribution in [2.45, 2.75) is 107 Å². The van der Waals surface area contributed by atoms with Crippen molar-refractivity contribution in [3.05, 3.63) is 24.0 Å². The second-order valence-electron chi connectivity index (χ2n) is 7.92. The molecule has 0 aliphatic carbocycles. The van der Waals surface area contributed by atoms with Gasteiger partial charge in [-0.2, -0.15) is 0 Å². The summed E-state index contributed by atoms with van der Waals surface area (Å²) in [6.07, 6.45) is -0.715. The van der Waals surface area contributed by atoms with Gasteiger partial charge in [0.2, 0.25) is 0 Å². The van der Waals surface area contributed by atoms with E-state index in [2.05, 4.69) is 5.32 Å². The van der Waals surface area contributed by atoms with E-state index in [1.165, 1.54) is 6.07 Å². The lowest BCUT2D eigenvalue weighted by molar-refractivity contribution is 0.00578. The number of amides is 1. The first kappa shape index (κ1) is 30.6. The van der Waals surface area contributed by atoms with Crippen LogP contribution >= 0.6 is 0 Å². The minimum absolute atomic E-state index is 0.0245. The third kappa shape index (κ3) is 8.64. The van der Waals surface area contributed by atoms with Gasteiger partial charge >= 0.3 is 13.2 Å². The molecule has 0 bridgehead atoms. The number of nitrogens with one attached hydrogen (secondary N) is 1. The van der Waals surface area contributed by atoms with Crippen LogP contribution in [-0.4, -0.2) is 30.0 Å². The third-order valence-electron chi connectivity index (χ3n) is 4.17. The molecule has 0 atom stereocenters. The minimum atomic E-state index is -0.838. The summed E-state index contributed by atoms with van der Waals surface area (Å²) in [4.78, 5) is 11.9. The average Bonchev–Trinajstić information content (AvgIpc) is 2.87. The van der Waals surface area contributed by atoms with E-state index in [4.69, 9.17) is 14.0 Å². The first-order chi connectivity index (χ1) is 13.8. The lowest BCUT2D eigenvalue weighted by Crippen LogP contribution is -2.41. The van der Waals surface area contributed by atoms with Crippen LogP contribution in [0.5, 0.6) is 0 Å². The van der Waals surface area contributed by atoms with Crippen LogP contribution in [0.3, 0.4) is 0 Å². The van der Waals surface area contributed by atoms with Gasteiger partial charge in [0.1, 0.15) is 11.4 Å². The van der Waals surface area contributed by atoms with Gasteiger partial charge in [-0.1, -0.05) is 53.7 Å². The molecule has 0 unspecified atom stereocenters. The lowest BCUT2D eigenvalue weighted by atomic mass is 9.78. The highest BCUT2D eigenvalue weighted by molar-refractivity contribution is 6.62. The standard InChI is InChI=1S/C17H25BFNO4.3C2H6/c1-15(2,3)22-14(21)20-12-10-8-9-11(13(12)19)18-23-16(4,5)17(6,7)24-18;3*1-2/h8-10H,1-7H3,(H,20,21);3*1-2H3. The molecule has 30 heavy (non-hydrogen) atoms. The van der Waals surface area contributed by atoms with Crippen molar-refractivity contribution in [1.29, 1.82) is 0 Å². The second-order valence-corrected chi connectivity index (χ2v) is 7.92. The zero-order valence-electron chi connectivity index (χ0n) is 21.3. The van der Waals surface area contributed by atoms with Crippen LogP contribution in [0, 0.1) is 5.82 Å². The summed E-state index contributed by atoms with van der Waals surface area (Å²) in [6, 6.07) is 4.68. The number of benzene rings is 1. The Morgan fingerprint density at radius 1 is 0.967 bits per heavy atom. The molecule has 0 radical (unpaired) electrons. The summed E-state index contributed by atoms with van der Waals surface area (Å²) in [5.74, 6) is -0.596. The van der Waals surface area contributed by atoms with Crippen LogP contribution in [0.25, 0.3) is 0 Å². The van der Waals surface area contributed by atoms with E-state index in [1.54, 1.807) is 32.9 Å². The molecular formula is C23H43BFNO4. The van der Waals surface area contributed by atoms with Crippen LogP contribution in [-0.2, 0) is 14.0 Å². The maximum absolute atomic E-state index is 14.8. The van der Waals surface area contributed by atoms with Crippen molar-refractivity contribution in [3.63, 3.8) is 0 Å². The summed E-state index contributed by atoms with van der Waals surface area (Å²) < 4.78 is 31.7. The zero-order valence-corrected chi connectivity index (χ0v) is 21.3. The van der Waals surface area contributed by atoms with Gasteiger partial charge in [0.05, 0.1) is 16.9 Å². The minimum Gasteiger partial charge on any atom is -0.444 e. The summed E-state index contributed by atoms with van der Waals surface area (Å²) >= 11 is 0. The molecule has 1 fully saturated rings. The summed E-state index contributed by atoms with van der Waals surface area (Å²) in [5.41, 5.74) is -1.54. The number of hydrogen-bond donors (Lipinski definition) is 1. The Bertz CT molecular complexity index is 627. The van der Waals surface area contributed by atoms with Crippen LogP contribution in [0.1, 0.15) is 90.0 Å². The van der Waals surface area contributed by atoms with Crippen LogP contribution in [0.15, 0.2) is 18.2 Å². The maximum Gasteiger partial charge on any atom is 0.497 e. The monoisotopic (exact) mass is 427 g/mol. The number of carbonyl (C=O) groups is 1. The molecule has 1 amide bonds. The Kier molecular flexibility index (Phi) is 13.2. The van der Waals surface area contributed by atoms with E-state index < -0.39 is 35.8 Å². The normalized spacial score (nSPS) is 16.0. The molecule has 0 spiro atoms. The quantitative estimate of drug-likeness (QED) is 0.544. The van der Waals surface area contributed by atoms with Crippen LogP contribution in [0.2, 0.25) is 0 Å². The number of rotatable bonds is 2. The van der Waals surface area contributed by atoms with Crippen molar-refractivity contribution in [2.75, 3.05) is 5.32 Å². The second kappa shape index (κ2) is 13.0. The fourth-order valence-corrected chi connectivity index (χ4v) is 2.21. The molecule has 1 N–H and O–H groups in total. The van der Waals surface area contributed by atoms with Gasteiger partial charge in [0.15, 0.2) is 0 Å². The van der Waals surface area contributed by atoms with E-state index in [0.717, 1.165) is 0 Å². The molecular weight excluding hydrogens is 384 g/mol. The van der Waals surface area contributed by atoms with Crippen molar-refractivity contribution in [2.24, 2.45) is 0 Å². The molecule has 5 nitrogen and oxygen atoms in total. The molecule has 0 aromatic heterocycles. The smallest absolute Gasteiger partial charge is 0.444 e. The van der Waals surface area contributed by atoms with E-state index in [-0.39, 0.29) is 11.2 Å². The predicted molar refractivity (Wildman–Crippen MR) is 126 cm³/mol. The Labute approximate surface area is 184 Å². The summed E-state index contributed by atoms with van der Waals surface area (Å²) in [5, 5.41) is 2.42. The number of hydrogen-bond acceptors (Lipinski definition) is 4. The fraction of sp³-hybridized carbons (Fsp3) is 0.696. The van der Waals surface area contributed by atoms with Crippen molar-refractivity contribution < 1.29 is 23.2 Å². The molecule has 1 aromatic carbocycles. The lowest BCUT2D eigenvalue weighted by Gasteiger charge is -2.32. The number of carbonyl (C=O) groups excluding carboxylic acids is 1. The molecule has 2 rings (SSSR count). The molecule has 1 aliphatic rings. The topological polar surface area (TPSA) is 56.8 Å². The Balaban J connectivity index is 0. The van der Waals surface area contributed by atoms with Gasteiger partial charge in [0.25, 0.3) is 0 Å². The average molecular weight is 427 g/mol. The molecule has 1 aromatic rings. The van der Waals surface area contributed by atoms with E-state index in [9.17, 15) is 9.18 Å². The van der Waals surface area contributed by atoms with E-state index in [0.29, 0.717) is 0 Å². The molecule has 1 aliphatic heterocycles. The largest absolute Gasteiger partial charge is 0.497 e. The van der Waals surface area contributed by atoms with E-state index >= 15 is 0 Å². The third-order valence-corrected chi connectivity index (χ3v) is 4.17. The predicted octanol–water partition coefficient (Wildman–Crippen LogP) is 6.55. The molecule has 1 heterocycles. The van der Waals surface area contributed by atoms with Crippen molar-refractivity contribution >= 4 is 24.4 Å². The van der Waals surface area contributed by atoms with Gasteiger partial charge in [-0.05, 0) is 54.5 Å². The zero-order chi connectivity index (χ0) is 24.3. The highest BCUT2D eigenvalue weighted by Crippen LogP contribution is 2.36. The molecule has 174 valence electrons. The van der Waals surface area contributed by atoms with E-state index in [1.807, 2.05) is 69.2 Å². The first-order valence-electron chi connectivity index (χ1n) is 11.0. The SMILES string of the molecule is CC.CC.CC.CC(C)(C)OC(=O)Nc1cccc(B2OC(C)(C)C(C)(C)O2)c1F. The molecule has 7 heteroatoms. The first-order valence-corrected chi connectivity index (χ1v) is 11.0. The summed E-state index contributed by atoms with van der Waals surface area (Å²) in [6.45, 7) is 24.8. The highest BCUT2D eigenvalue weighted by Gasteiger charge is 2.52. The Hall–Kier alpha value is -1.60. The van der Waals surface area contributed by atoms with Gasteiger partial charge in [-0.25, -0.2) is 9.18 Å². The van der Waals surface area contributed by atoms with Crippen molar-refractivity contribution in [3.8, 4) is 0 Å².